The van der Waals surface area contributed by atoms with Gasteiger partial charge in [0.25, 0.3) is 0 Å². The van der Waals surface area contributed by atoms with Crippen LogP contribution in [0.3, 0.4) is 0 Å². The van der Waals surface area contributed by atoms with Crippen molar-refractivity contribution in [3.8, 4) is 0 Å². The second-order valence-corrected chi connectivity index (χ2v) is 9.25. The van der Waals surface area contributed by atoms with Gasteiger partial charge in [0.2, 0.25) is 5.95 Å². The smallest absolute Gasteiger partial charge is 0.227 e. The largest absolute Gasteiger partial charge is 0.381 e. The minimum Gasteiger partial charge on any atom is -0.381 e. The molecule has 0 saturated carbocycles. The van der Waals surface area contributed by atoms with Crippen LogP contribution >= 0.6 is 0 Å². The number of aryl methyl sites for hydroxylation is 1. The van der Waals surface area contributed by atoms with Crippen molar-refractivity contribution < 1.29 is 13.7 Å². The highest BCUT2D eigenvalue weighted by molar-refractivity contribution is 7.85. The molecule has 0 unspecified atom stereocenters. The van der Waals surface area contributed by atoms with E-state index in [0.717, 1.165) is 99.8 Å². The molecule has 2 saturated heterocycles. The van der Waals surface area contributed by atoms with E-state index in [4.69, 9.17) is 19.4 Å². The van der Waals surface area contributed by atoms with E-state index in [1.807, 2.05) is 0 Å². The molecule has 0 amide bonds. The SMILES string of the molecule is CN(CCC1CCOCC1)c1nc2c(c(NC3CCOCC3)n1)[S@](=O)CC2. The zero-order valence-electron chi connectivity index (χ0n) is 16.1. The van der Waals surface area contributed by atoms with E-state index in [0.29, 0.717) is 11.8 Å². The summed E-state index contributed by atoms with van der Waals surface area (Å²) in [6, 6.07) is 0.329. The summed E-state index contributed by atoms with van der Waals surface area (Å²) < 4.78 is 23.4. The Morgan fingerprint density at radius 1 is 1.11 bits per heavy atom. The van der Waals surface area contributed by atoms with Crippen LogP contribution in [-0.4, -0.2) is 66.0 Å². The van der Waals surface area contributed by atoms with Gasteiger partial charge >= 0.3 is 0 Å². The molecule has 1 N–H and O–H groups in total. The minimum atomic E-state index is -0.994. The molecule has 0 spiro atoms. The molecule has 1 atom stereocenters. The van der Waals surface area contributed by atoms with Crippen molar-refractivity contribution in [2.75, 3.05) is 56.0 Å². The number of fused-ring (bicyclic) bond motifs is 1. The Bertz CT molecular complexity index is 675. The topological polar surface area (TPSA) is 76.6 Å². The van der Waals surface area contributed by atoms with Gasteiger partial charge in [-0.05, 0) is 38.0 Å². The van der Waals surface area contributed by atoms with Gasteiger partial charge in [0.05, 0.1) is 16.5 Å². The first-order chi connectivity index (χ1) is 13.2. The third-order valence-electron chi connectivity index (χ3n) is 5.79. The summed E-state index contributed by atoms with van der Waals surface area (Å²) in [5.41, 5.74) is 0.950. The Morgan fingerprint density at radius 2 is 1.81 bits per heavy atom. The second-order valence-electron chi connectivity index (χ2n) is 7.74. The maximum Gasteiger partial charge on any atom is 0.227 e. The maximum atomic E-state index is 12.5. The van der Waals surface area contributed by atoms with Gasteiger partial charge in [0.1, 0.15) is 10.7 Å². The van der Waals surface area contributed by atoms with Crippen LogP contribution in [0.4, 0.5) is 11.8 Å². The zero-order chi connectivity index (χ0) is 18.6. The molecule has 3 aliphatic heterocycles. The molecular formula is C19H30N4O3S. The summed E-state index contributed by atoms with van der Waals surface area (Å²) in [4.78, 5) is 12.5. The van der Waals surface area contributed by atoms with Crippen molar-refractivity contribution in [2.24, 2.45) is 5.92 Å². The van der Waals surface area contributed by atoms with E-state index in [1.165, 1.54) is 0 Å². The molecule has 8 heteroatoms. The van der Waals surface area contributed by atoms with Crippen LogP contribution in [0.25, 0.3) is 0 Å². The first kappa shape index (κ1) is 19.1. The van der Waals surface area contributed by atoms with E-state index < -0.39 is 10.8 Å². The van der Waals surface area contributed by atoms with Crippen LogP contribution in [0.2, 0.25) is 0 Å². The van der Waals surface area contributed by atoms with Crippen LogP contribution < -0.4 is 10.2 Å². The predicted octanol–water partition coefficient (Wildman–Crippen LogP) is 1.98. The third-order valence-corrected chi connectivity index (χ3v) is 7.25. The fraction of sp³-hybridized carbons (Fsp3) is 0.789. The number of hydrogen-bond donors (Lipinski definition) is 1. The summed E-state index contributed by atoms with van der Waals surface area (Å²) in [6.45, 7) is 4.24. The zero-order valence-corrected chi connectivity index (χ0v) is 16.9. The van der Waals surface area contributed by atoms with E-state index >= 15 is 0 Å². The average molecular weight is 395 g/mol. The van der Waals surface area contributed by atoms with Crippen LogP contribution in [0.5, 0.6) is 0 Å². The highest BCUT2D eigenvalue weighted by Gasteiger charge is 2.28. The van der Waals surface area contributed by atoms with Crippen molar-refractivity contribution >= 4 is 22.6 Å². The van der Waals surface area contributed by atoms with Crippen molar-refractivity contribution in [3.63, 3.8) is 0 Å². The van der Waals surface area contributed by atoms with Gasteiger partial charge in [-0.3, -0.25) is 4.21 Å². The van der Waals surface area contributed by atoms with Gasteiger partial charge < -0.3 is 19.7 Å². The molecule has 0 radical (unpaired) electrons. The van der Waals surface area contributed by atoms with Gasteiger partial charge in [-0.1, -0.05) is 0 Å². The van der Waals surface area contributed by atoms with Crippen molar-refractivity contribution in [1.82, 2.24) is 9.97 Å². The molecule has 27 heavy (non-hydrogen) atoms. The minimum absolute atomic E-state index is 0.329. The molecule has 4 rings (SSSR count). The standard InChI is InChI=1S/C19H30N4O3S/c1-23(8-2-14-3-9-25-10-4-14)19-21-16-7-13-27(24)17(16)18(22-19)20-15-5-11-26-12-6-15/h14-15H,2-13H2,1H3,(H,20,21,22)/t27-/m1/s1. The molecular weight excluding hydrogens is 364 g/mol. The number of ether oxygens (including phenoxy) is 2. The maximum absolute atomic E-state index is 12.5. The molecule has 0 aromatic carbocycles. The van der Waals surface area contributed by atoms with Crippen LogP contribution in [0.1, 0.15) is 37.8 Å². The van der Waals surface area contributed by atoms with E-state index in [2.05, 4.69) is 17.3 Å². The van der Waals surface area contributed by atoms with Crippen molar-refractivity contribution in [3.05, 3.63) is 5.69 Å². The van der Waals surface area contributed by atoms with Crippen molar-refractivity contribution in [1.29, 1.82) is 0 Å². The first-order valence-electron chi connectivity index (χ1n) is 10.1. The van der Waals surface area contributed by atoms with Crippen LogP contribution in [-0.2, 0) is 26.7 Å². The molecule has 150 valence electrons. The van der Waals surface area contributed by atoms with E-state index in [1.54, 1.807) is 0 Å². The molecule has 4 heterocycles. The number of hydrogen-bond acceptors (Lipinski definition) is 7. The van der Waals surface area contributed by atoms with E-state index in [9.17, 15) is 4.21 Å². The summed E-state index contributed by atoms with van der Waals surface area (Å²) >= 11 is 0. The molecule has 0 bridgehead atoms. The van der Waals surface area contributed by atoms with E-state index in [-0.39, 0.29) is 0 Å². The van der Waals surface area contributed by atoms with Crippen molar-refractivity contribution in [2.45, 2.75) is 49.5 Å². The van der Waals surface area contributed by atoms with Crippen LogP contribution in [0, 0.1) is 5.92 Å². The highest BCUT2D eigenvalue weighted by atomic mass is 32.2. The lowest BCUT2D eigenvalue weighted by Gasteiger charge is -2.27. The quantitative estimate of drug-likeness (QED) is 0.791. The Balaban J connectivity index is 1.48. The summed E-state index contributed by atoms with van der Waals surface area (Å²) in [5, 5.41) is 3.55. The Kier molecular flexibility index (Phi) is 6.24. The Labute approximate surface area is 163 Å². The lowest BCUT2D eigenvalue weighted by Crippen LogP contribution is -2.30. The van der Waals surface area contributed by atoms with Gasteiger partial charge in [-0.15, -0.1) is 0 Å². The number of nitrogens with zero attached hydrogens (tertiary/aromatic N) is 3. The second kappa shape index (κ2) is 8.84. The Morgan fingerprint density at radius 3 is 2.56 bits per heavy atom. The lowest BCUT2D eigenvalue weighted by atomic mass is 9.96. The molecule has 2 fully saturated rings. The van der Waals surface area contributed by atoms with Crippen LogP contribution in [0.15, 0.2) is 4.90 Å². The summed E-state index contributed by atoms with van der Waals surface area (Å²) in [5.74, 6) is 2.90. The predicted molar refractivity (Wildman–Crippen MR) is 106 cm³/mol. The number of aromatic nitrogens is 2. The molecule has 1 aromatic heterocycles. The van der Waals surface area contributed by atoms with Gasteiger partial charge in [0, 0.05) is 58.2 Å². The highest BCUT2D eigenvalue weighted by Crippen LogP contribution is 2.31. The normalized spacial score (nSPS) is 24.0. The van der Waals surface area contributed by atoms with Gasteiger partial charge in [0.15, 0.2) is 0 Å². The first-order valence-corrected chi connectivity index (χ1v) is 11.4. The fourth-order valence-electron chi connectivity index (χ4n) is 4.00. The molecule has 7 nitrogen and oxygen atoms in total. The summed E-state index contributed by atoms with van der Waals surface area (Å²) in [7, 11) is 1.07. The number of rotatable bonds is 6. The average Bonchev–Trinajstić information content (AvgIpc) is 3.09. The Hall–Kier alpha value is -1.25. The van der Waals surface area contributed by atoms with Gasteiger partial charge in [-0.2, -0.15) is 4.98 Å². The van der Waals surface area contributed by atoms with Gasteiger partial charge in [-0.25, -0.2) is 4.98 Å². The monoisotopic (exact) mass is 394 g/mol. The number of anilines is 2. The molecule has 1 aromatic rings. The third kappa shape index (κ3) is 4.60. The number of nitrogens with one attached hydrogen (secondary N) is 1. The lowest BCUT2D eigenvalue weighted by molar-refractivity contribution is 0.0645. The fourth-order valence-corrected chi connectivity index (χ4v) is 5.31. The molecule has 3 aliphatic rings. The summed E-state index contributed by atoms with van der Waals surface area (Å²) in [6.07, 6.45) is 6.12. The molecule has 0 aliphatic carbocycles.